The average molecular weight is 442 g/mol. The zero-order valence-electron chi connectivity index (χ0n) is 15.9. The summed E-state index contributed by atoms with van der Waals surface area (Å²) >= 11 is 1.68. The van der Waals surface area contributed by atoms with Gasteiger partial charge in [-0.2, -0.15) is 11.3 Å². The molecule has 2 fully saturated rings. The van der Waals surface area contributed by atoms with Gasteiger partial charge in [-0.25, -0.2) is 4.79 Å². The second-order valence-corrected chi connectivity index (χ2v) is 8.08. The van der Waals surface area contributed by atoms with Crippen LogP contribution in [0.1, 0.15) is 12.0 Å². The largest absolute Gasteiger partial charge is 0.573 e. The molecule has 0 unspecified atom stereocenters. The van der Waals surface area contributed by atoms with E-state index < -0.39 is 12.4 Å². The first-order valence-corrected chi connectivity index (χ1v) is 10.5. The number of fused-ring (bicyclic) bond motifs is 1. The molecule has 0 aliphatic carbocycles. The summed E-state index contributed by atoms with van der Waals surface area (Å²) < 4.78 is 52.2. The van der Waals surface area contributed by atoms with E-state index in [1.807, 2.05) is 0 Å². The summed E-state index contributed by atoms with van der Waals surface area (Å²) in [4.78, 5) is 12.3. The first kappa shape index (κ1) is 21.0. The quantitative estimate of drug-likeness (QED) is 0.704. The number of rotatable bonds is 6. The van der Waals surface area contributed by atoms with Gasteiger partial charge in [0.15, 0.2) is 0 Å². The van der Waals surface area contributed by atoms with Crippen molar-refractivity contribution in [3.8, 4) is 5.75 Å². The Morgan fingerprint density at radius 1 is 1.13 bits per heavy atom. The molecule has 2 aliphatic heterocycles. The Bertz CT molecular complexity index is 845. The van der Waals surface area contributed by atoms with E-state index in [4.69, 9.17) is 9.47 Å². The lowest BCUT2D eigenvalue weighted by atomic mass is 9.94. The lowest BCUT2D eigenvalue weighted by molar-refractivity contribution is -0.274. The number of benzene rings is 1. The minimum atomic E-state index is -4.76. The molecule has 0 bridgehead atoms. The highest BCUT2D eigenvalue weighted by atomic mass is 32.1. The van der Waals surface area contributed by atoms with Crippen LogP contribution in [0.5, 0.6) is 5.75 Å². The molecule has 10 heteroatoms. The zero-order valence-corrected chi connectivity index (χ0v) is 16.7. The molecular weight excluding hydrogens is 421 g/mol. The van der Waals surface area contributed by atoms with Crippen molar-refractivity contribution in [1.82, 2.24) is 5.32 Å². The van der Waals surface area contributed by atoms with Crippen LogP contribution in [0.3, 0.4) is 0 Å². The van der Waals surface area contributed by atoms with Crippen molar-refractivity contribution in [2.45, 2.75) is 37.5 Å². The summed E-state index contributed by atoms with van der Waals surface area (Å²) in [7, 11) is 0. The molecule has 2 N–H and O–H groups in total. The zero-order chi connectivity index (χ0) is 21.1. The third-order valence-electron chi connectivity index (χ3n) is 5.20. The number of hydrogen-bond acceptors (Lipinski definition) is 5. The average Bonchev–Trinajstić information content (AvgIpc) is 3.40. The number of amides is 2. The number of halogens is 3. The summed E-state index contributed by atoms with van der Waals surface area (Å²) in [6.07, 6.45) is -3.08. The molecule has 2 aromatic rings. The van der Waals surface area contributed by atoms with Gasteiger partial charge in [0.05, 0.1) is 25.4 Å². The maximum Gasteiger partial charge on any atom is 0.573 e. The molecule has 0 saturated carbocycles. The number of carbonyl (C=O) groups excluding carboxylic acids is 1. The van der Waals surface area contributed by atoms with Crippen LogP contribution in [0.2, 0.25) is 0 Å². The Labute approximate surface area is 175 Å². The Morgan fingerprint density at radius 2 is 1.90 bits per heavy atom. The minimum Gasteiger partial charge on any atom is -0.406 e. The monoisotopic (exact) mass is 442 g/mol. The fourth-order valence-corrected chi connectivity index (χ4v) is 4.52. The van der Waals surface area contributed by atoms with E-state index in [0.717, 1.165) is 25.0 Å². The number of nitrogens with one attached hydrogen (secondary N) is 2. The molecule has 30 heavy (non-hydrogen) atoms. The summed E-state index contributed by atoms with van der Waals surface area (Å²) in [6, 6.07) is 6.30. The third-order valence-corrected chi connectivity index (χ3v) is 5.93. The van der Waals surface area contributed by atoms with Crippen LogP contribution in [0, 0.1) is 5.92 Å². The molecule has 2 aliphatic rings. The van der Waals surface area contributed by atoms with Gasteiger partial charge < -0.3 is 24.8 Å². The van der Waals surface area contributed by atoms with E-state index in [2.05, 4.69) is 32.2 Å². The maximum atomic E-state index is 12.3. The Kier molecular flexibility index (Phi) is 6.16. The molecule has 3 heterocycles. The van der Waals surface area contributed by atoms with Gasteiger partial charge in [0, 0.05) is 11.6 Å². The van der Waals surface area contributed by atoms with Crippen molar-refractivity contribution in [1.29, 1.82) is 0 Å². The molecule has 0 radical (unpaired) electrons. The number of urea groups is 1. The van der Waals surface area contributed by atoms with Gasteiger partial charge in [-0.3, -0.25) is 0 Å². The van der Waals surface area contributed by atoms with E-state index >= 15 is 0 Å². The van der Waals surface area contributed by atoms with Gasteiger partial charge in [0.1, 0.15) is 11.9 Å². The topological polar surface area (TPSA) is 68.8 Å². The first-order valence-electron chi connectivity index (χ1n) is 9.55. The van der Waals surface area contributed by atoms with Crippen molar-refractivity contribution >= 4 is 23.1 Å². The second kappa shape index (κ2) is 8.83. The SMILES string of the molecule is O=C(Nc1ccc(OC(F)(F)F)cc1)N[C@H]1CO[C@@H]2[C@@H](CCc3ccsc3)CO[C@@H]21. The van der Waals surface area contributed by atoms with Gasteiger partial charge >= 0.3 is 12.4 Å². The predicted molar refractivity (Wildman–Crippen MR) is 105 cm³/mol. The smallest absolute Gasteiger partial charge is 0.406 e. The van der Waals surface area contributed by atoms with Gasteiger partial charge in [0.2, 0.25) is 0 Å². The lowest BCUT2D eigenvalue weighted by Crippen LogP contribution is -2.45. The molecule has 2 amide bonds. The van der Waals surface area contributed by atoms with E-state index in [0.29, 0.717) is 18.9 Å². The predicted octanol–water partition coefficient (Wildman–Crippen LogP) is 4.18. The number of ether oxygens (including phenoxy) is 3. The Balaban J connectivity index is 1.25. The fraction of sp³-hybridized carbons (Fsp3) is 0.450. The van der Waals surface area contributed by atoms with Crippen LogP contribution in [0.25, 0.3) is 0 Å². The van der Waals surface area contributed by atoms with Crippen LogP contribution in [0.4, 0.5) is 23.7 Å². The van der Waals surface area contributed by atoms with Crippen molar-refractivity contribution in [2.75, 3.05) is 18.5 Å². The number of alkyl halides is 3. The van der Waals surface area contributed by atoms with E-state index in [-0.39, 0.29) is 29.9 Å². The molecule has 0 spiro atoms. The highest BCUT2D eigenvalue weighted by Gasteiger charge is 2.47. The van der Waals surface area contributed by atoms with Crippen LogP contribution in [-0.4, -0.2) is 43.9 Å². The number of anilines is 1. The van der Waals surface area contributed by atoms with Crippen molar-refractivity contribution < 1.29 is 32.2 Å². The molecule has 4 atom stereocenters. The molecular formula is C20H21F3N2O4S. The summed E-state index contributed by atoms with van der Waals surface area (Å²) in [5.74, 6) is -0.0701. The molecule has 2 saturated heterocycles. The number of carbonyl (C=O) groups is 1. The molecule has 4 rings (SSSR count). The number of thiophene rings is 1. The Morgan fingerprint density at radius 3 is 2.60 bits per heavy atom. The summed E-state index contributed by atoms with van der Waals surface area (Å²) in [5, 5.41) is 9.63. The van der Waals surface area contributed by atoms with Crippen molar-refractivity contribution in [2.24, 2.45) is 5.92 Å². The van der Waals surface area contributed by atoms with Crippen LogP contribution < -0.4 is 15.4 Å². The van der Waals surface area contributed by atoms with Gasteiger partial charge in [0.25, 0.3) is 0 Å². The Hall–Kier alpha value is -2.30. The van der Waals surface area contributed by atoms with Gasteiger partial charge in [-0.05, 0) is 59.5 Å². The molecule has 6 nitrogen and oxygen atoms in total. The lowest BCUT2D eigenvalue weighted by Gasteiger charge is -2.18. The van der Waals surface area contributed by atoms with E-state index in [1.54, 1.807) is 11.3 Å². The minimum absolute atomic E-state index is 0.0484. The number of hydrogen-bond donors (Lipinski definition) is 2. The fourth-order valence-electron chi connectivity index (χ4n) is 3.81. The molecule has 162 valence electrons. The maximum absolute atomic E-state index is 12.3. The third kappa shape index (κ3) is 5.24. The molecule has 1 aromatic carbocycles. The summed E-state index contributed by atoms with van der Waals surface area (Å²) in [5.41, 5.74) is 1.65. The highest BCUT2D eigenvalue weighted by molar-refractivity contribution is 7.07. The van der Waals surface area contributed by atoms with Crippen molar-refractivity contribution in [3.05, 3.63) is 46.7 Å². The number of aryl methyl sites for hydroxylation is 1. The highest BCUT2D eigenvalue weighted by Crippen LogP contribution is 2.34. The summed E-state index contributed by atoms with van der Waals surface area (Å²) in [6.45, 7) is 0.954. The van der Waals surface area contributed by atoms with E-state index in [1.165, 1.54) is 17.7 Å². The van der Waals surface area contributed by atoms with Crippen molar-refractivity contribution in [3.63, 3.8) is 0 Å². The normalized spacial score (nSPS) is 25.7. The standard InChI is InChI=1S/C20H21F3N2O4S/c21-20(22,23)29-15-5-3-14(4-6-15)24-19(26)25-16-10-28-17-13(9-27-18(16)17)2-1-12-7-8-30-11-12/h3-8,11,13,16-18H,1-2,9-10H2,(H2,24,25,26)/t13-,16-,17+,18+/m0/s1. The van der Waals surface area contributed by atoms with Gasteiger partial charge in [-0.15, -0.1) is 13.2 Å². The van der Waals surface area contributed by atoms with Crippen LogP contribution in [0.15, 0.2) is 41.1 Å². The van der Waals surface area contributed by atoms with Crippen LogP contribution >= 0.6 is 11.3 Å². The van der Waals surface area contributed by atoms with E-state index in [9.17, 15) is 18.0 Å². The molecule has 1 aromatic heterocycles. The van der Waals surface area contributed by atoms with Gasteiger partial charge in [-0.1, -0.05) is 0 Å². The first-order chi connectivity index (χ1) is 14.4. The second-order valence-electron chi connectivity index (χ2n) is 7.30. The van der Waals surface area contributed by atoms with Crippen LogP contribution in [-0.2, 0) is 15.9 Å².